The van der Waals surface area contributed by atoms with Crippen molar-refractivity contribution >= 4 is 17.8 Å². The first-order valence-corrected chi connectivity index (χ1v) is 8.57. The molecule has 2 aromatic rings. The van der Waals surface area contributed by atoms with E-state index in [0.717, 1.165) is 18.1 Å². The molecule has 0 saturated heterocycles. The van der Waals surface area contributed by atoms with Crippen molar-refractivity contribution in [3.63, 3.8) is 0 Å². The standard InChI is InChI=1S/C20H19FN2O4/c21-17-7-3-6-15(10-17)20(26)22-11-19(25)27-13-18(24)23-9-8-14-4-1-2-5-16(14)12-23/h1-7,10H,8-9,11-13H2,(H,22,26). The Labute approximate surface area is 155 Å². The van der Waals surface area contributed by atoms with E-state index in [0.29, 0.717) is 13.1 Å². The second kappa shape index (κ2) is 8.44. The summed E-state index contributed by atoms with van der Waals surface area (Å²) in [5.41, 5.74) is 2.41. The molecule has 3 rings (SSSR count). The number of nitrogens with one attached hydrogen (secondary N) is 1. The van der Waals surface area contributed by atoms with Crippen molar-refractivity contribution in [2.24, 2.45) is 0 Å². The molecule has 0 unspecified atom stereocenters. The summed E-state index contributed by atoms with van der Waals surface area (Å²) in [4.78, 5) is 37.5. The minimum absolute atomic E-state index is 0.103. The van der Waals surface area contributed by atoms with E-state index in [4.69, 9.17) is 4.74 Å². The lowest BCUT2D eigenvalue weighted by atomic mass is 10.00. The zero-order valence-corrected chi connectivity index (χ0v) is 14.6. The number of halogens is 1. The lowest BCUT2D eigenvalue weighted by Crippen LogP contribution is -2.39. The number of carbonyl (C=O) groups is 3. The summed E-state index contributed by atoms with van der Waals surface area (Å²) in [7, 11) is 0. The topological polar surface area (TPSA) is 75.7 Å². The minimum Gasteiger partial charge on any atom is -0.454 e. The van der Waals surface area contributed by atoms with Crippen LogP contribution in [0.1, 0.15) is 21.5 Å². The van der Waals surface area contributed by atoms with Gasteiger partial charge in [-0.05, 0) is 35.7 Å². The highest BCUT2D eigenvalue weighted by molar-refractivity contribution is 5.96. The van der Waals surface area contributed by atoms with Crippen LogP contribution in [-0.4, -0.2) is 42.4 Å². The SMILES string of the molecule is O=C(CNC(=O)c1cccc(F)c1)OCC(=O)N1CCc2ccccc2C1. The Morgan fingerprint density at radius 3 is 2.63 bits per heavy atom. The van der Waals surface area contributed by atoms with Gasteiger partial charge >= 0.3 is 5.97 Å². The Morgan fingerprint density at radius 2 is 1.85 bits per heavy atom. The number of ether oxygens (including phenoxy) is 1. The Balaban J connectivity index is 1.43. The lowest BCUT2D eigenvalue weighted by molar-refractivity contribution is -0.151. The first kappa shape index (κ1) is 18.6. The number of nitrogens with zero attached hydrogens (tertiary/aromatic N) is 1. The summed E-state index contributed by atoms with van der Waals surface area (Å²) < 4.78 is 18.0. The van der Waals surface area contributed by atoms with Crippen LogP contribution in [0.4, 0.5) is 4.39 Å². The van der Waals surface area contributed by atoms with Crippen LogP contribution in [0.5, 0.6) is 0 Å². The summed E-state index contributed by atoms with van der Waals surface area (Å²) in [6.07, 6.45) is 0.763. The minimum atomic E-state index is -0.731. The molecule has 2 aromatic carbocycles. The number of carbonyl (C=O) groups excluding carboxylic acids is 3. The van der Waals surface area contributed by atoms with Crippen LogP contribution < -0.4 is 5.32 Å². The molecule has 7 heteroatoms. The highest BCUT2D eigenvalue weighted by Crippen LogP contribution is 2.18. The molecular formula is C20H19FN2O4. The van der Waals surface area contributed by atoms with Crippen LogP contribution in [0.25, 0.3) is 0 Å². The molecule has 0 saturated carbocycles. The van der Waals surface area contributed by atoms with Gasteiger partial charge in [-0.3, -0.25) is 14.4 Å². The second-order valence-corrected chi connectivity index (χ2v) is 6.19. The maximum absolute atomic E-state index is 13.1. The van der Waals surface area contributed by atoms with Crippen molar-refractivity contribution in [2.75, 3.05) is 19.7 Å². The summed E-state index contributed by atoms with van der Waals surface area (Å²) in [6.45, 7) is 0.287. The first-order chi connectivity index (χ1) is 13.0. The van der Waals surface area contributed by atoms with Gasteiger partial charge in [0.2, 0.25) is 0 Å². The van der Waals surface area contributed by atoms with E-state index in [-0.39, 0.29) is 18.1 Å². The molecule has 2 amide bonds. The Kier molecular flexibility index (Phi) is 5.80. The fourth-order valence-corrected chi connectivity index (χ4v) is 2.88. The maximum Gasteiger partial charge on any atom is 0.325 e. The van der Waals surface area contributed by atoms with Gasteiger partial charge in [-0.25, -0.2) is 4.39 Å². The molecule has 140 valence electrons. The molecule has 0 radical (unpaired) electrons. The Bertz CT molecular complexity index is 869. The predicted octanol–water partition coefficient (Wildman–Crippen LogP) is 1.68. The number of rotatable bonds is 5. The number of fused-ring (bicyclic) bond motifs is 1. The van der Waals surface area contributed by atoms with Crippen LogP contribution in [-0.2, 0) is 27.3 Å². The van der Waals surface area contributed by atoms with Crippen molar-refractivity contribution in [1.82, 2.24) is 10.2 Å². The zero-order chi connectivity index (χ0) is 19.2. The highest BCUT2D eigenvalue weighted by Gasteiger charge is 2.21. The van der Waals surface area contributed by atoms with Crippen LogP contribution in [0, 0.1) is 5.82 Å². The number of amides is 2. The number of benzene rings is 2. The molecule has 6 nitrogen and oxygen atoms in total. The molecule has 1 aliphatic rings. The van der Waals surface area contributed by atoms with Gasteiger partial charge in [-0.1, -0.05) is 30.3 Å². The lowest BCUT2D eigenvalue weighted by Gasteiger charge is -2.28. The fourth-order valence-electron chi connectivity index (χ4n) is 2.88. The van der Waals surface area contributed by atoms with E-state index in [1.54, 1.807) is 4.90 Å². The number of hydrogen-bond acceptors (Lipinski definition) is 4. The van der Waals surface area contributed by atoms with E-state index in [1.807, 2.05) is 24.3 Å². The van der Waals surface area contributed by atoms with Crippen molar-refractivity contribution < 1.29 is 23.5 Å². The van der Waals surface area contributed by atoms with Gasteiger partial charge in [0, 0.05) is 18.7 Å². The Hall–Kier alpha value is -3.22. The van der Waals surface area contributed by atoms with E-state index in [9.17, 15) is 18.8 Å². The molecule has 0 atom stereocenters. The number of esters is 1. The molecule has 0 bridgehead atoms. The third-order valence-electron chi connectivity index (χ3n) is 4.32. The largest absolute Gasteiger partial charge is 0.454 e. The second-order valence-electron chi connectivity index (χ2n) is 6.19. The maximum atomic E-state index is 13.1. The van der Waals surface area contributed by atoms with Crippen molar-refractivity contribution in [1.29, 1.82) is 0 Å². The van der Waals surface area contributed by atoms with Gasteiger partial charge in [-0.15, -0.1) is 0 Å². The monoisotopic (exact) mass is 370 g/mol. The van der Waals surface area contributed by atoms with E-state index in [1.165, 1.54) is 23.8 Å². The molecule has 1 aliphatic heterocycles. The highest BCUT2D eigenvalue weighted by atomic mass is 19.1. The smallest absolute Gasteiger partial charge is 0.325 e. The van der Waals surface area contributed by atoms with Gasteiger partial charge in [0.25, 0.3) is 11.8 Å². The van der Waals surface area contributed by atoms with E-state index in [2.05, 4.69) is 5.32 Å². The summed E-state index contributed by atoms with van der Waals surface area (Å²) >= 11 is 0. The Morgan fingerprint density at radius 1 is 1.07 bits per heavy atom. The molecule has 0 spiro atoms. The van der Waals surface area contributed by atoms with Gasteiger partial charge in [-0.2, -0.15) is 0 Å². The van der Waals surface area contributed by atoms with Crippen LogP contribution in [0.3, 0.4) is 0 Å². The van der Waals surface area contributed by atoms with Crippen LogP contribution in [0.15, 0.2) is 48.5 Å². The zero-order valence-electron chi connectivity index (χ0n) is 14.6. The average molecular weight is 370 g/mol. The fraction of sp³-hybridized carbons (Fsp3) is 0.250. The third kappa shape index (κ3) is 4.91. The summed E-state index contributed by atoms with van der Waals surface area (Å²) in [5.74, 6) is -2.15. The molecule has 27 heavy (non-hydrogen) atoms. The average Bonchev–Trinajstić information content (AvgIpc) is 2.69. The quantitative estimate of drug-likeness (QED) is 0.813. The van der Waals surface area contributed by atoms with Crippen LogP contribution >= 0.6 is 0 Å². The molecule has 0 fully saturated rings. The summed E-state index contributed by atoms with van der Waals surface area (Å²) in [5, 5.41) is 2.34. The number of hydrogen-bond donors (Lipinski definition) is 1. The van der Waals surface area contributed by atoms with E-state index >= 15 is 0 Å². The van der Waals surface area contributed by atoms with E-state index < -0.39 is 24.2 Å². The molecule has 0 aliphatic carbocycles. The molecular weight excluding hydrogens is 351 g/mol. The van der Waals surface area contributed by atoms with Crippen molar-refractivity contribution in [2.45, 2.75) is 13.0 Å². The van der Waals surface area contributed by atoms with Gasteiger partial charge in [0.1, 0.15) is 12.4 Å². The third-order valence-corrected chi connectivity index (χ3v) is 4.32. The van der Waals surface area contributed by atoms with Crippen molar-refractivity contribution in [3.05, 3.63) is 71.0 Å². The first-order valence-electron chi connectivity index (χ1n) is 8.57. The van der Waals surface area contributed by atoms with Gasteiger partial charge in [0.05, 0.1) is 0 Å². The van der Waals surface area contributed by atoms with Gasteiger partial charge in [0.15, 0.2) is 6.61 Å². The summed E-state index contributed by atoms with van der Waals surface area (Å²) in [6, 6.07) is 13.0. The molecule has 1 N–H and O–H groups in total. The van der Waals surface area contributed by atoms with Crippen LogP contribution in [0.2, 0.25) is 0 Å². The molecule has 0 aromatic heterocycles. The molecule has 1 heterocycles. The van der Waals surface area contributed by atoms with Crippen molar-refractivity contribution in [3.8, 4) is 0 Å². The predicted molar refractivity (Wildman–Crippen MR) is 95.3 cm³/mol. The normalized spacial score (nSPS) is 12.9. The van der Waals surface area contributed by atoms with Gasteiger partial charge < -0.3 is 15.0 Å².